The number of hydrogen-bond donors (Lipinski definition) is 1. The van der Waals surface area contributed by atoms with Crippen molar-refractivity contribution in [2.75, 3.05) is 7.11 Å². The number of fused-ring (bicyclic) bond motifs is 1. The van der Waals surface area contributed by atoms with Crippen LogP contribution in [0.5, 0.6) is 5.88 Å². The number of ether oxygens (including phenoxy) is 1. The normalized spacial score (nSPS) is 20.9. The monoisotopic (exact) mass is 178 g/mol. The Morgan fingerprint density at radius 3 is 3.15 bits per heavy atom. The van der Waals surface area contributed by atoms with Gasteiger partial charge in [-0.25, -0.2) is 4.98 Å². The molecule has 0 saturated heterocycles. The zero-order valence-corrected chi connectivity index (χ0v) is 7.79. The van der Waals surface area contributed by atoms with E-state index < -0.39 is 0 Å². The second-order valence-corrected chi connectivity index (χ2v) is 3.46. The minimum Gasteiger partial charge on any atom is -0.481 e. The Kier molecular flexibility index (Phi) is 2.19. The molecule has 70 valence electrons. The highest BCUT2D eigenvalue weighted by atomic mass is 16.5. The van der Waals surface area contributed by atoms with E-state index in [1.807, 2.05) is 6.07 Å². The molecule has 2 rings (SSSR count). The molecule has 1 aliphatic rings. The Labute approximate surface area is 77.9 Å². The maximum atomic E-state index is 5.86. The molecule has 0 aliphatic heterocycles. The zero-order valence-electron chi connectivity index (χ0n) is 7.79. The van der Waals surface area contributed by atoms with E-state index in [1.165, 1.54) is 5.56 Å². The molecule has 0 bridgehead atoms. The minimum atomic E-state index is 0.308. The summed E-state index contributed by atoms with van der Waals surface area (Å²) in [5.74, 6) is 0.703. The van der Waals surface area contributed by atoms with Gasteiger partial charge >= 0.3 is 0 Å². The van der Waals surface area contributed by atoms with Crippen LogP contribution in [0, 0.1) is 0 Å². The van der Waals surface area contributed by atoms with Crippen molar-refractivity contribution in [3.8, 4) is 5.88 Å². The first-order chi connectivity index (χ1) is 6.29. The third kappa shape index (κ3) is 1.65. The lowest BCUT2D eigenvalue weighted by atomic mass is 9.92. The van der Waals surface area contributed by atoms with E-state index in [4.69, 9.17) is 10.5 Å². The molecule has 0 radical (unpaired) electrons. The molecule has 3 nitrogen and oxygen atoms in total. The van der Waals surface area contributed by atoms with Gasteiger partial charge in [-0.2, -0.15) is 0 Å². The molecule has 1 aliphatic carbocycles. The van der Waals surface area contributed by atoms with Gasteiger partial charge in [-0.05, 0) is 24.8 Å². The standard InChI is InChI=1S/C10H14N2O/c1-13-10-5-2-7-6-8(11)3-4-9(7)12-10/h2,5,8H,3-4,6,11H2,1H3. The van der Waals surface area contributed by atoms with Gasteiger partial charge in [0.25, 0.3) is 0 Å². The molecule has 13 heavy (non-hydrogen) atoms. The molecular formula is C10H14N2O. The summed E-state index contributed by atoms with van der Waals surface area (Å²) in [5, 5.41) is 0. The lowest BCUT2D eigenvalue weighted by molar-refractivity contribution is 0.394. The summed E-state index contributed by atoms with van der Waals surface area (Å²) in [4.78, 5) is 4.39. The number of rotatable bonds is 1. The molecule has 1 aromatic rings. The second kappa shape index (κ2) is 3.34. The van der Waals surface area contributed by atoms with Crippen molar-refractivity contribution < 1.29 is 4.74 Å². The first-order valence-corrected chi connectivity index (χ1v) is 4.58. The SMILES string of the molecule is COc1ccc2c(n1)CCC(N)C2. The maximum absolute atomic E-state index is 5.86. The third-order valence-electron chi connectivity index (χ3n) is 2.49. The lowest BCUT2D eigenvalue weighted by Crippen LogP contribution is -2.28. The molecule has 0 saturated carbocycles. The quantitative estimate of drug-likeness (QED) is 0.695. The van der Waals surface area contributed by atoms with Crippen LogP contribution in [-0.2, 0) is 12.8 Å². The summed E-state index contributed by atoms with van der Waals surface area (Å²) < 4.78 is 5.06. The van der Waals surface area contributed by atoms with Gasteiger partial charge in [-0.15, -0.1) is 0 Å². The number of aryl methyl sites for hydroxylation is 1. The van der Waals surface area contributed by atoms with Gasteiger partial charge < -0.3 is 10.5 Å². The van der Waals surface area contributed by atoms with E-state index in [-0.39, 0.29) is 0 Å². The summed E-state index contributed by atoms with van der Waals surface area (Å²) in [6, 6.07) is 4.28. The van der Waals surface area contributed by atoms with Gasteiger partial charge in [0, 0.05) is 17.8 Å². The summed E-state index contributed by atoms with van der Waals surface area (Å²) in [6.45, 7) is 0. The van der Waals surface area contributed by atoms with Gasteiger partial charge in [0.15, 0.2) is 0 Å². The number of nitrogens with zero attached hydrogens (tertiary/aromatic N) is 1. The molecule has 0 amide bonds. The van der Waals surface area contributed by atoms with Crippen LogP contribution in [0.1, 0.15) is 17.7 Å². The van der Waals surface area contributed by atoms with E-state index in [9.17, 15) is 0 Å². The molecule has 3 heteroatoms. The van der Waals surface area contributed by atoms with Gasteiger partial charge in [0.1, 0.15) is 0 Å². The highest BCUT2D eigenvalue weighted by Crippen LogP contribution is 2.21. The van der Waals surface area contributed by atoms with Crippen molar-refractivity contribution in [3.63, 3.8) is 0 Å². The molecule has 0 spiro atoms. The van der Waals surface area contributed by atoms with Crippen molar-refractivity contribution in [2.24, 2.45) is 5.73 Å². The average molecular weight is 178 g/mol. The molecule has 1 atom stereocenters. The first-order valence-electron chi connectivity index (χ1n) is 4.58. The number of pyridine rings is 1. The number of methoxy groups -OCH3 is 1. The molecule has 2 N–H and O–H groups in total. The van der Waals surface area contributed by atoms with Gasteiger partial charge in [-0.1, -0.05) is 6.07 Å². The fourth-order valence-electron chi connectivity index (χ4n) is 1.73. The van der Waals surface area contributed by atoms with E-state index in [1.54, 1.807) is 7.11 Å². The van der Waals surface area contributed by atoms with Crippen LogP contribution >= 0.6 is 0 Å². The molecule has 0 fully saturated rings. The summed E-state index contributed by atoms with van der Waals surface area (Å²) in [5.41, 5.74) is 8.29. The third-order valence-corrected chi connectivity index (χ3v) is 2.49. The second-order valence-electron chi connectivity index (χ2n) is 3.46. The predicted molar refractivity (Wildman–Crippen MR) is 50.8 cm³/mol. The maximum Gasteiger partial charge on any atom is 0.213 e. The van der Waals surface area contributed by atoms with Crippen molar-refractivity contribution in [1.29, 1.82) is 0 Å². The Hall–Kier alpha value is -1.09. The van der Waals surface area contributed by atoms with Gasteiger partial charge in [0.2, 0.25) is 5.88 Å². The molecule has 0 aromatic carbocycles. The molecule has 1 heterocycles. The highest BCUT2D eigenvalue weighted by Gasteiger charge is 2.16. The van der Waals surface area contributed by atoms with Gasteiger partial charge in [-0.3, -0.25) is 0 Å². The van der Waals surface area contributed by atoms with E-state index in [2.05, 4.69) is 11.1 Å². The van der Waals surface area contributed by atoms with E-state index in [0.29, 0.717) is 11.9 Å². The topological polar surface area (TPSA) is 48.1 Å². The highest BCUT2D eigenvalue weighted by molar-refractivity contribution is 5.28. The Morgan fingerprint density at radius 2 is 2.38 bits per heavy atom. The Bertz CT molecular complexity index is 312. The fraction of sp³-hybridized carbons (Fsp3) is 0.500. The van der Waals surface area contributed by atoms with Gasteiger partial charge in [0.05, 0.1) is 7.11 Å². The molecular weight excluding hydrogens is 164 g/mol. The van der Waals surface area contributed by atoms with Crippen LogP contribution in [-0.4, -0.2) is 18.1 Å². The lowest BCUT2D eigenvalue weighted by Gasteiger charge is -2.20. The summed E-state index contributed by atoms with van der Waals surface area (Å²) in [6.07, 6.45) is 2.97. The van der Waals surface area contributed by atoms with Crippen molar-refractivity contribution >= 4 is 0 Å². The zero-order chi connectivity index (χ0) is 9.26. The minimum absolute atomic E-state index is 0.308. The predicted octanol–water partition coefficient (Wildman–Crippen LogP) is 0.906. The van der Waals surface area contributed by atoms with Crippen LogP contribution in [0.25, 0.3) is 0 Å². The molecule has 1 unspecified atom stereocenters. The Morgan fingerprint density at radius 1 is 1.54 bits per heavy atom. The Balaban J connectivity index is 2.31. The average Bonchev–Trinajstić information content (AvgIpc) is 2.17. The van der Waals surface area contributed by atoms with Crippen LogP contribution in [0.2, 0.25) is 0 Å². The van der Waals surface area contributed by atoms with Crippen LogP contribution in [0.4, 0.5) is 0 Å². The van der Waals surface area contributed by atoms with Crippen molar-refractivity contribution in [3.05, 3.63) is 23.4 Å². The van der Waals surface area contributed by atoms with Crippen LogP contribution in [0.3, 0.4) is 0 Å². The van der Waals surface area contributed by atoms with Crippen molar-refractivity contribution in [1.82, 2.24) is 4.98 Å². The van der Waals surface area contributed by atoms with E-state index in [0.717, 1.165) is 25.0 Å². The number of hydrogen-bond acceptors (Lipinski definition) is 3. The smallest absolute Gasteiger partial charge is 0.213 e. The van der Waals surface area contributed by atoms with Crippen molar-refractivity contribution in [2.45, 2.75) is 25.3 Å². The first kappa shape index (κ1) is 8.51. The summed E-state index contributed by atoms with van der Waals surface area (Å²) in [7, 11) is 1.64. The van der Waals surface area contributed by atoms with E-state index >= 15 is 0 Å². The van der Waals surface area contributed by atoms with Crippen LogP contribution < -0.4 is 10.5 Å². The largest absolute Gasteiger partial charge is 0.481 e. The van der Waals surface area contributed by atoms with Crippen LogP contribution in [0.15, 0.2) is 12.1 Å². The number of aromatic nitrogens is 1. The number of nitrogens with two attached hydrogens (primary N) is 1. The fourth-order valence-corrected chi connectivity index (χ4v) is 1.73. The summed E-state index contributed by atoms with van der Waals surface area (Å²) >= 11 is 0. The molecule has 1 aromatic heterocycles.